The van der Waals surface area contributed by atoms with Crippen molar-refractivity contribution in [2.75, 3.05) is 19.7 Å². The minimum Gasteiger partial charge on any atom is -0.396 e. The van der Waals surface area contributed by atoms with Crippen LogP contribution < -0.4 is 0 Å². The summed E-state index contributed by atoms with van der Waals surface area (Å²) in [5, 5.41) is 8.87. The lowest BCUT2D eigenvalue weighted by Crippen LogP contribution is -2.36. The molecule has 0 aromatic rings. The molecular weight excluding hydrogens is 208 g/mol. The first kappa shape index (κ1) is 11.9. The molecule has 0 saturated carbocycles. The van der Waals surface area contributed by atoms with Crippen molar-refractivity contribution in [3.05, 3.63) is 12.0 Å². The van der Waals surface area contributed by atoms with E-state index < -0.39 is 11.7 Å². The van der Waals surface area contributed by atoms with Gasteiger partial charge in [0.15, 0.2) is 5.70 Å². The zero-order valence-electron chi connectivity index (χ0n) is 8.16. The number of hydrogen-bond acceptors (Lipinski definition) is 4. The molecule has 0 unspecified atom stereocenters. The number of carbonyl (C=O) groups is 1. The lowest BCUT2D eigenvalue weighted by Gasteiger charge is -2.32. The van der Waals surface area contributed by atoms with Crippen LogP contribution in [0, 0.1) is 5.92 Å². The molecule has 6 heteroatoms. The van der Waals surface area contributed by atoms with Crippen molar-refractivity contribution in [1.82, 2.24) is 4.90 Å². The Morgan fingerprint density at radius 2 is 2.13 bits per heavy atom. The molecule has 1 fully saturated rings. The second kappa shape index (κ2) is 5.65. The quantitative estimate of drug-likeness (QED) is 0.720. The molecule has 0 atom stereocenters. The molecule has 1 aliphatic rings. The van der Waals surface area contributed by atoms with E-state index in [1.807, 2.05) is 0 Å². The molecule has 1 rings (SSSR count). The SMILES string of the molecule is O=C(OF)C(=CF)N1CCC(CO)CC1. The molecule has 15 heavy (non-hydrogen) atoms. The number of nitrogens with zero attached hydrogens (tertiary/aromatic N) is 1. The fraction of sp³-hybridized carbons (Fsp3) is 0.667. The van der Waals surface area contributed by atoms with Gasteiger partial charge in [-0.2, -0.15) is 0 Å². The van der Waals surface area contributed by atoms with Crippen LogP contribution in [0.1, 0.15) is 12.8 Å². The average molecular weight is 221 g/mol. The number of halogens is 2. The first-order valence-electron chi connectivity index (χ1n) is 4.72. The molecule has 4 nitrogen and oxygen atoms in total. The number of piperidine rings is 1. The van der Waals surface area contributed by atoms with Gasteiger partial charge in [-0.25, -0.2) is 14.1 Å². The van der Waals surface area contributed by atoms with Crippen LogP contribution in [0.3, 0.4) is 0 Å². The summed E-state index contributed by atoms with van der Waals surface area (Å²) < 4.78 is 23.9. The van der Waals surface area contributed by atoms with Crippen molar-refractivity contribution in [1.29, 1.82) is 0 Å². The van der Waals surface area contributed by atoms with Crippen LogP contribution in [0.5, 0.6) is 0 Å². The third kappa shape index (κ3) is 2.89. The van der Waals surface area contributed by atoms with Gasteiger partial charge >= 0.3 is 5.97 Å². The fourth-order valence-electron chi connectivity index (χ4n) is 1.64. The Labute approximate surface area is 86.0 Å². The summed E-state index contributed by atoms with van der Waals surface area (Å²) in [4.78, 5) is 15.2. The fourth-order valence-corrected chi connectivity index (χ4v) is 1.64. The van der Waals surface area contributed by atoms with Crippen LogP contribution in [0.4, 0.5) is 8.92 Å². The number of likely N-dealkylation sites (tertiary alicyclic amines) is 1. The van der Waals surface area contributed by atoms with Gasteiger partial charge in [0, 0.05) is 24.2 Å². The minimum absolute atomic E-state index is 0.0428. The van der Waals surface area contributed by atoms with Crippen molar-refractivity contribution in [3.8, 4) is 0 Å². The zero-order valence-corrected chi connectivity index (χ0v) is 8.16. The van der Waals surface area contributed by atoms with Gasteiger partial charge in [-0.1, -0.05) is 0 Å². The van der Waals surface area contributed by atoms with Gasteiger partial charge in [-0.3, -0.25) is 0 Å². The van der Waals surface area contributed by atoms with Gasteiger partial charge in [0.1, 0.15) is 6.33 Å². The maximum Gasteiger partial charge on any atom is 0.397 e. The lowest BCUT2D eigenvalue weighted by molar-refractivity contribution is -0.180. The van der Waals surface area contributed by atoms with E-state index in [0.717, 1.165) is 0 Å². The van der Waals surface area contributed by atoms with Gasteiger partial charge in [0.2, 0.25) is 0 Å². The summed E-state index contributed by atoms with van der Waals surface area (Å²) in [5.74, 6) is -1.15. The Kier molecular flexibility index (Phi) is 4.48. The molecule has 1 N–H and O–H groups in total. The lowest BCUT2D eigenvalue weighted by atomic mass is 9.97. The van der Waals surface area contributed by atoms with Gasteiger partial charge in [0.25, 0.3) is 0 Å². The normalized spacial score (nSPS) is 19.1. The van der Waals surface area contributed by atoms with E-state index in [-0.39, 0.29) is 18.9 Å². The van der Waals surface area contributed by atoms with E-state index in [1.54, 1.807) is 0 Å². The Morgan fingerprint density at radius 3 is 2.53 bits per heavy atom. The molecule has 0 aliphatic carbocycles. The first-order chi connectivity index (χ1) is 7.22. The van der Waals surface area contributed by atoms with Crippen molar-refractivity contribution in [2.24, 2.45) is 5.92 Å². The standard InChI is InChI=1S/C9H13F2NO3/c10-5-8(9(14)15-11)12-3-1-7(6-13)2-4-12/h5,7,13H,1-4,6H2. The number of aliphatic hydroxyl groups excluding tert-OH is 1. The molecule has 1 heterocycles. The van der Waals surface area contributed by atoms with Crippen molar-refractivity contribution in [3.63, 3.8) is 0 Å². The average Bonchev–Trinajstić information content (AvgIpc) is 2.30. The van der Waals surface area contributed by atoms with Crippen molar-refractivity contribution in [2.45, 2.75) is 12.8 Å². The number of hydrogen-bond donors (Lipinski definition) is 1. The highest BCUT2D eigenvalue weighted by atomic mass is 19.3. The molecular formula is C9H13F2NO3. The zero-order chi connectivity index (χ0) is 11.3. The van der Waals surface area contributed by atoms with Crippen LogP contribution in [-0.4, -0.2) is 35.7 Å². The predicted molar refractivity (Wildman–Crippen MR) is 47.8 cm³/mol. The molecule has 0 amide bonds. The second-order valence-corrected chi connectivity index (χ2v) is 3.47. The van der Waals surface area contributed by atoms with E-state index in [1.165, 1.54) is 4.90 Å². The van der Waals surface area contributed by atoms with Gasteiger partial charge < -0.3 is 10.0 Å². The third-order valence-corrected chi connectivity index (χ3v) is 2.60. The molecule has 86 valence electrons. The van der Waals surface area contributed by atoms with Crippen LogP contribution in [0.25, 0.3) is 0 Å². The van der Waals surface area contributed by atoms with Crippen LogP contribution in [0.15, 0.2) is 12.0 Å². The van der Waals surface area contributed by atoms with Gasteiger partial charge in [0.05, 0.1) is 0 Å². The van der Waals surface area contributed by atoms with E-state index in [4.69, 9.17) is 5.11 Å². The summed E-state index contributed by atoms with van der Waals surface area (Å²) in [7, 11) is 0. The number of rotatable bonds is 3. The Bertz CT molecular complexity index is 250. The summed E-state index contributed by atoms with van der Waals surface area (Å²) in [5.41, 5.74) is -0.408. The van der Waals surface area contributed by atoms with E-state index in [0.29, 0.717) is 25.9 Å². The van der Waals surface area contributed by atoms with Gasteiger partial charge in [-0.05, 0) is 18.8 Å². The topological polar surface area (TPSA) is 49.8 Å². The highest BCUT2D eigenvalue weighted by molar-refractivity contribution is 5.86. The van der Waals surface area contributed by atoms with E-state index >= 15 is 0 Å². The number of aliphatic hydroxyl groups is 1. The largest absolute Gasteiger partial charge is 0.397 e. The Hall–Kier alpha value is -1.17. The highest BCUT2D eigenvalue weighted by Gasteiger charge is 2.25. The van der Waals surface area contributed by atoms with E-state index in [2.05, 4.69) is 4.94 Å². The summed E-state index contributed by atoms with van der Waals surface area (Å²) in [6.45, 7) is 0.905. The molecule has 1 aliphatic heterocycles. The third-order valence-electron chi connectivity index (χ3n) is 2.60. The Balaban J connectivity index is 2.54. The smallest absolute Gasteiger partial charge is 0.396 e. The van der Waals surface area contributed by atoms with Crippen LogP contribution >= 0.6 is 0 Å². The summed E-state index contributed by atoms with van der Waals surface area (Å²) >= 11 is 0. The highest BCUT2D eigenvalue weighted by Crippen LogP contribution is 2.20. The van der Waals surface area contributed by atoms with Crippen LogP contribution in [-0.2, 0) is 9.74 Å². The molecule has 1 saturated heterocycles. The Morgan fingerprint density at radius 1 is 1.53 bits per heavy atom. The monoisotopic (exact) mass is 221 g/mol. The summed E-state index contributed by atoms with van der Waals surface area (Å²) in [6, 6.07) is 0. The predicted octanol–water partition coefficient (Wildman–Crippen LogP) is 0.929. The van der Waals surface area contributed by atoms with Crippen molar-refractivity contribution >= 4 is 5.97 Å². The minimum atomic E-state index is -1.32. The van der Waals surface area contributed by atoms with Gasteiger partial charge in [-0.15, -0.1) is 0 Å². The molecule has 0 aromatic heterocycles. The van der Waals surface area contributed by atoms with Crippen LogP contribution in [0.2, 0.25) is 0 Å². The maximum absolute atomic E-state index is 12.3. The molecule has 0 bridgehead atoms. The maximum atomic E-state index is 12.3. The molecule has 0 spiro atoms. The number of carbonyl (C=O) groups excluding carboxylic acids is 1. The van der Waals surface area contributed by atoms with Crippen molar-refractivity contribution < 1.29 is 23.8 Å². The summed E-state index contributed by atoms with van der Waals surface area (Å²) in [6.07, 6.45) is 1.34. The molecule has 0 radical (unpaired) electrons. The molecule has 0 aromatic carbocycles. The second-order valence-electron chi connectivity index (χ2n) is 3.47. The van der Waals surface area contributed by atoms with E-state index in [9.17, 15) is 13.7 Å². The first-order valence-corrected chi connectivity index (χ1v) is 4.72.